The van der Waals surface area contributed by atoms with Gasteiger partial charge in [-0.3, -0.25) is 10.3 Å². The van der Waals surface area contributed by atoms with Gasteiger partial charge in [-0.1, -0.05) is 94.0 Å². The Labute approximate surface area is 254 Å². The molecule has 2 aliphatic heterocycles. The Morgan fingerprint density at radius 3 is 2.64 bits per heavy atom. The van der Waals surface area contributed by atoms with E-state index in [2.05, 4.69) is 119 Å². The van der Waals surface area contributed by atoms with Crippen molar-refractivity contribution in [2.45, 2.75) is 97.9 Å². The highest BCUT2D eigenvalue weighted by molar-refractivity contribution is 6.03. The van der Waals surface area contributed by atoms with Gasteiger partial charge in [-0.25, -0.2) is 0 Å². The highest BCUT2D eigenvalue weighted by atomic mass is 16.5. The number of aliphatic hydroxyl groups excluding tert-OH is 1. The number of aliphatic hydroxyl groups is 1. The molecule has 0 spiro atoms. The Bertz CT molecular complexity index is 1320. The molecule has 2 unspecified atom stereocenters. The topological polar surface area (TPSA) is 46.7 Å². The molecule has 226 valence electrons. The zero-order chi connectivity index (χ0) is 30.3. The quantitative estimate of drug-likeness (QED) is 0.142. The van der Waals surface area contributed by atoms with E-state index in [9.17, 15) is 5.21 Å². The first-order chi connectivity index (χ1) is 20.1. The minimum atomic E-state index is -0.159. The van der Waals surface area contributed by atoms with Gasteiger partial charge in [0, 0.05) is 29.5 Å². The van der Waals surface area contributed by atoms with E-state index in [0.717, 1.165) is 57.2 Å². The number of hydroxylamine groups is 2. The molecule has 42 heavy (non-hydrogen) atoms. The molecule has 4 nitrogen and oxygen atoms in total. The monoisotopic (exact) mass is 569 g/mol. The molecular weight excluding hydrogens is 516 g/mol. The average Bonchev–Trinajstić information content (AvgIpc) is 3.31. The summed E-state index contributed by atoms with van der Waals surface area (Å²) in [5.74, 6) is 0.493. The molecule has 0 aromatic heterocycles. The van der Waals surface area contributed by atoms with Gasteiger partial charge in [0.05, 0.1) is 23.8 Å². The van der Waals surface area contributed by atoms with Crippen LogP contribution in [0.5, 0.6) is 0 Å². The fourth-order valence-corrected chi connectivity index (χ4v) is 6.88. The van der Waals surface area contributed by atoms with Crippen molar-refractivity contribution >= 4 is 11.4 Å². The Kier molecular flexibility index (Phi) is 10.7. The van der Waals surface area contributed by atoms with Crippen LogP contribution in [0.1, 0.15) is 92.1 Å². The molecule has 4 heteroatoms. The van der Waals surface area contributed by atoms with Gasteiger partial charge in [-0.05, 0) is 69.9 Å². The first-order valence-corrected chi connectivity index (χ1v) is 16.1. The lowest BCUT2D eigenvalue weighted by Crippen LogP contribution is -2.28. The molecule has 0 amide bonds. The predicted molar refractivity (Wildman–Crippen MR) is 176 cm³/mol. The number of nitrogens with zero attached hydrogens (tertiary/aromatic N) is 2. The number of hydrogen-bond donors (Lipinski definition) is 2. The van der Waals surface area contributed by atoms with Crippen molar-refractivity contribution in [2.24, 2.45) is 11.3 Å². The lowest BCUT2D eigenvalue weighted by atomic mass is 9.79. The number of fused-ring (bicyclic) bond motifs is 2. The predicted octanol–water partition coefficient (Wildman–Crippen LogP) is 8.96. The van der Waals surface area contributed by atoms with Gasteiger partial charge in [0.1, 0.15) is 6.54 Å². The van der Waals surface area contributed by atoms with Crippen LogP contribution in [-0.2, 0) is 5.41 Å². The van der Waals surface area contributed by atoms with E-state index in [1.54, 1.807) is 0 Å². The fraction of sp³-hybridized carbons (Fsp3) is 0.500. The number of allylic oxidation sites excluding steroid dienone is 9. The molecule has 1 fully saturated rings. The second kappa shape index (κ2) is 14.0. The lowest BCUT2D eigenvalue weighted by molar-refractivity contribution is -0.438. The number of benzene rings is 1. The zero-order valence-electron chi connectivity index (χ0n) is 26.8. The highest BCUT2D eigenvalue weighted by Gasteiger charge is 2.46. The highest BCUT2D eigenvalue weighted by Crippen LogP contribution is 2.49. The number of para-hydroxylation sites is 1. The van der Waals surface area contributed by atoms with Crippen LogP contribution in [0.4, 0.5) is 5.69 Å². The molecule has 4 rings (SSSR count). The van der Waals surface area contributed by atoms with Crippen molar-refractivity contribution in [2.75, 3.05) is 13.2 Å². The molecular formula is C38H53N2O2+. The van der Waals surface area contributed by atoms with Gasteiger partial charge in [-0.15, -0.1) is 0 Å². The van der Waals surface area contributed by atoms with Crippen molar-refractivity contribution in [3.05, 3.63) is 101 Å². The summed E-state index contributed by atoms with van der Waals surface area (Å²) in [6.45, 7) is 14.8. The van der Waals surface area contributed by atoms with Crippen LogP contribution >= 0.6 is 0 Å². The number of rotatable bonds is 13. The molecule has 2 atom stereocenters. The molecule has 1 aliphatic carbocycles. The first kappa shape index (κ1) is 32.0. The maximum Gasteiger partial charge on any atom is 0.209 e. The Morgan fingerprint density at radius 2 is 1.90 bits per heavy atom. The Balaban J connectivity index is 1.40. The molecule has 2 heterocycles. The largest absolute Gasteiger partial charge is 0.392 e. The normalized spacial score (nSPS) is 22.9. The second-order valence-corrected chi connectivity index (χ2v) is 13.2. The standard InChI is InChI=1S/C38H53N2O2/c1-7-30(24-26-36-38(5,6)32-20-11-13-22-34(32)40(36)42)18-16-17-29(2)23-25-35-37(3,4)31-19-10-12-21-33(31)39(35)27-14-8-9-15-28-41/h9-13,15,19-21,23-26,29,34,41-42H,7-8,14,16-18,22,27-28H2,1-6H3/q+1/b15-9+,25-23+,30-24-,36-26-. The van der Waals surface area contributed by atoms with Crippen molar-refractivity contribution in [3.63, 3.8) is 0 Å². The van der Waals surface area contributed by atoms with E-state index < -0.39 is 0 Å². The summed E-state index contributed by atoms with van der Waals surface area (Å²) in [5.41, 5.74) is 7.64. The fourth-order valence-electron chi connectivity index (χ4n) is 6.88. The third-order valence-electron chi connectivity index (χ3n) is 9.53. The molecule has 0 saturated carbocycles. The smallest absolute Gasteiger partial charge is 0.209 e. The summed E-state index contributed by atoms with van der Waals surface area (Å²) >= 11 is 0. The Hall–Kier alpha value is -2.95. The van der Waals surface area contributed by atoms with Crippen molar-refractivity contribution < 1.29 is 14.9 Å². The van der Waals surface area contributed by atoms with E-state index in [1.165, 1.54) is 33.2 Å². The van der Waals surface area contributed by atoms with Crippen LogP contribution in [0.3, 0.4) is 0 Å². The van der Waals surface area contributed by atoms with E-state index in [1.807, 2.05) is 6.08 Å². The number of unbranched alkanes of at least 4 members (excludes halogenated alkanes) is 1. The molecule has 1 saturated heterocycles. The lowest BCUT2D eigenvalue weighted by Gasteiger charge is -2.22. The van der Waals surface area contributed by atoms with Crippen molar-refractivity contribution in [3.8, 4) is 0 Å². The second-order valence-electron chi connectivity index (χ2n) is 13.2. The summed E-state index contributed by atoms with van der Waals surface area (Å²) in [7, 11) is 0. The van der Waals surface area contributed by atoms with E-state index in [0.29, 0.717) is 5.92 Å². The summed E-state index contributed by atoms with van der Waals surface area (Å²) in [6, 6.07) is 8.89. The van der Waals surface area contributed by atoms with E-state index >= 15 is 0 Å². The van der Waals surface area contributed by atoms with Gasteiger partial charge in [0.2, 0.25) is 5.69 Å². The Morgan fingerprint density at radius 1 is 1.12 bits per heavy atom. The van der Waals surface area contributed by atoms with Crippen molar-refractivity contribution in [1.29, 1.82) is 0 Å². The van der Waals surface area contributed by atoms with Crippen LogP contribution in [0.25, 0.3) is 0 Å². The van der Waals surface area contributed by atoms with Gasteiger partial charge < -0.3 is 5.11 Å². The van der Waals surface area contributed by atoms with Crippen molar-refractivity contribution in [1.82, 2.24) is 5.06 Å². The SMILES string of the molecule is CC/C(=C/C=C1\N(O)C2CC=CC=C2C1(C)C)CCCC(C)/C=C/C1=[N+](CCC/C=C/CO)c2ccccc2C1(C)C. The van der Waals surface area contributed by atoms with Gasteiger partial charge >= 0.3 is 0 Å². The van der Waals surface area contributed by atoms with Crippen LogP contribution in [0, 0.1) is 11.3 Å². The average molecular weight is 570 g/mol. The molecule has 1 aromatic rings. The zero-order valence-corrected chi connectivity index (χ0v) is 26.8. The van der Waals surface area contributed by atoms with Crippen LogP contribution in [-0.4, -0.2) is 44.9 Å². The first-order valence-electron chi connectivity index (χ1n) is 16.1. The van der Waals surface area contributed by atoms with Gasteiger partial charge in [0.25, 0.3) is 0 Å². The van der Waals surface area contributed by atoms with Crippen LogP contribution < -0.4 is 0 Å². The maximum absolute atomic E-state index is 10.9. The van der Waals surface area contributed by atoms with Gasteiger partial charge in [-0.2, -0.15) is 4.58 Å². The molecule has 1 aromatic carbocycles. The third-order valence-corrected chi connectivity index (χ3v) is 9.53. The van der Waals surface area contributed by atoms with Crippen LogP contribution in [0.15, 0.2) is 95.8 Å². The molecule has 3 aliphatic rings. The minimum Gasteiger partial charge on any atom is -0.392 e. The number of hydrogen-bond acceptors (Lipinski definition) is 3. The van der Waals surface area contributed by atoms with E-state index in [-0.39, 0.29) is 23.5 Å². The molecule has 0 radical (unpaired) electrons. The summed E-state index contributed by atoms with van der Waals surface area (Å²) < 4.78 is 2.51. The van der Waals surface area contributed by atoms with E-state index in [4.69, 9.17) is 5.11 Å². The molecule has 0 bridgehead atoms. The summed E-state index contributed by atoms with van der Waals surface area (Å²) in [4.78, 5) is 0. The minimum absolute atomic E-state index is 0.0302. The molecule has 2 N–H and O–H groups in total. The van der Waals surface area contributed by atoms with Crippen LogP contribution in [0.2, 0.25) is 0 Å². The van der Waals surface area contributed by atoms with Gasteiger partial charge in [0.15, 0.2) is 5.71 Å². The summed E-state index contributed by atoms with van der Waals surface area (Å²) in [6.07, 6.45) is 26.9. The summed E-state index contributed by atoms with van der Waals surface area (Å²) in [5, 5.41) is 21.5. The maximum atomic E-state index is 10.9. The third kappa shape index (κ3) is 6.82.